The van der Waals surface area contributed by atoms with Gasteiger partial charge in [-0.2, -0.15) is 10.2 Å². The van der Waals surface area contributed by atoms with E-state index in [0.717, 1.165) is 24.7 Å². The maximum absolute atomic E-state index is 14.5. The van der Waals surface area contributed by atoms with Crippen molar-refractivity contribution in [2.45, 2.75) is 18.8 Å². The minimum Gasteiger partial charge on any atom is -0.495 e. The molecule has 5 rings (SSSR count). The summed E-state index contributed by atoms with van der Waals surface area (Å²) in [5, 5.41) is 13.9. The molecule has 10 heteroatoms. The molecule has 1 aliphatic rings. The fraction of sp³-hybridized carbons (Fsp3) is 0.200. The molecule has 1 fully saturated rings. The Balaban J connectivity index is 1.46. The maximum atomic E-state index is 14.5. The van der Waals surface area contributed by atoms with E-state index in [4.69, 9.17) is 16.3 Å². The van der Waals surface area contributed by atoms with Crippen LogP contribution in [0.5, 0.6) is 5.75 Å². The summed E-state index contributed by atoms with van der Waals surface area (Å²) in [5.41, 5.74) is 1.34. The van der Waals surface area contributed by atoms with Gasteiger partial charge in [-0.1, -0.05) is 11.6 Å². The van der Waals surface area contributed by atoms with Crippen molar-refractivity contribution in [2.75, 3.05) is 12.4 Å². The van der Waals surface area contributed by atoms with Gasteiger partial charge in [0.05, 0.1) is 46.9 Å². The molecule has 0 bridgehead atoms. The zero-order chi connectivity index (χ0) is 20.8. The van der Waals surface area contributed by atoms with Crippen LogP contribution in [0.3, 0.4) is 0 Å². The van der Waals surface area contributed by atoms with Gasteiger partial charge in [-0.25, -0.2) is 13.9 Å². The number of carbonyl (C=O) groups is 1. The highest BCUT2D eigenvalue weighted by atomic mass is 35.5. The third-order valence-electron chi connectivity index (χ3n) is 4.98. The minimum absolute atomic E-state index is 0.0701. The lowest BCUT2D eigenvalue weighted by molar-refractivity contribution is 0.102. The number of carbonyl (C=O) groups excluding carboxylic acids is 1. The Morgan fingerprint density at radius 2 is 2.20 bits per heavy atom. The summed E-state index contributed by atoms with van der Waals surface area (Å²) in [6, 6.07) is 6.04. The van der Waals surface area contributed by atoms with Gasteiger partial charge in [0.25, 0.3) is 5.91 Å². The molecule has 0 unspecified atom stereocenters. The van der Waals surface area contributed by atoms with Crippen molar-refractivity contribution in [3.8, 4) is 17.1 Å². The molecule has 3 aromatic heterocycles. The molecule has 1 saturated carbocycles. The van der Waals surface area contributed by atoms with Gasteiger partial charge in [0, 0.05) is 5.92 Å². The highest BCUT2D eigenvalue weighted by Crippen LogP contribution is 2.39. The highest BCUT2D eigenvalue weighted by Gasteiger charge is 2.28. The van der Waals surface area contributed by atoms with Gasteiger partial charge in [0.15, 0.2) is 5.82 Å². The zero-order valence-electron chi connectivity index (χ0n) is 15.8. The monoisotopic (exact) mass is 426 g/mol. The van der Waals surface area contributed by atoms with Crippen LogP contribution in [0.15, 0.2) is 36.7 Å². The number of pyridine rings is 1. The summed E-state index contributed by atoms with van der Waals surface area (Å²) in [4.78, 5) is 17.2. The van der Waals surface area contributed by atoms with Crippen LogP contribution in [0.2, 0.25) is 5.02 Å². The van der Waals surface area contributed by atoms with Crippen molar-refractivity contribution in [2.24, 2.45) is 0 Å². The average Bonchev–Trinajstić information content (AvgIpc) is 3.32. The lowest BCUT2D eigenvalue weighted by Gasteiger charge is -2.09. The molecule has 0 atom stereocenters. The minimum atomic E-state index is -0.567. The first kappa shape index (κ1) is 18.6. The molecule has 30 heavy (non-hydrogen) atoms. The van der Waals surface area contributed by atoms with Crippen LogP contribution in [0.1, 0.15) is 34.9 Å². The summed E-state index contributed by atoms with van der Waals surface area (Å²) in [7, 11) is 1.55. The summed E-state index contributed by atoms with van der Waals surface area (Å²) < 4.78 is 21.2. The number of H-pyrrole nitrogens is 1. The molecule has 0 saturated heterocycles. The van der Waals surface area contributed by atoms with E-state index in [2.05, 4.69) is 25.6 Å². The fourth-order valence-electron chi connectivity index (χ4n) is 3.20. The number of ether oxygens (including phenoxy) is 1. The molecule has 3 heterocycles. The molecule has 4 aromatic rings. The van der Waals surface area contributed by atoms with Crippen LogP contribution in [0.25, 0.3) is 16.9 Å². The van der Waals surface area contributed by atoms with Gasteiger partial charge in [0.1, 0.15) is 17.4 Å². The molecule has 152 valence electrons. The van der Waals surface area contributed by atoms with Crippen LogP contribution in [-0.2, 0) is 0 Å². The summed E-state index contributed by atoms with van der Waals surface area (Å²) in [5.74, 6) is 0.943. The number of halogens is 2. The molecule has 0 aliphatic heterocycles. The van der Waals surface area contributed by atoms with Crippen LogP contribution >= 0.6 is 11.6 Å². The normalized spacial score (nSPS) is 13.6. The number of hydrogen-bond acceptors (Lipinski definition) is 5. The Hall–Kier alpha value is -3.46. The SMILES string of the molecule is COc1ccc2c(C(=O)Nc3cc(-c4n[nH]c(C5CC5)n4)c(F)cc3Cl)cnn2c1. The first-order chi connectivity index (χ1) is 14.5. The number of methoxy groups -OCH3 is 1. The maximum Gasteiger partial charge on any atom is 0.259 e. The Morgan fingerprint density at radius 1 is 1.37 bits per heavy atom. The summed E-state index contributed by atoms with van der Waals surface area (Å²) >= 11 is 6.18. The second-order valence-electron chi connectivity index (χ2n) is 7.04. The predicted molar refractivity (Wildman–Crippen MR) is 108 cm³/mol. The number of nitrogens with one attached hydrogen (secondary N) is 2. The number of aromatic nitrogens is 5. The van der Waals surface area contributed by atoms with E-state index in [1.165, 1.54) is 12.3 Å². The molecule has 1 amide bonds. The van der Waals surface area contributed by atoms with E-state index >= 15 is 0 Å². The zero-order valence-corrected chi connectivity index (χ0v) is 16.6. The molecule has 1 aliphatic carbocycles. The Bertz CT molecular complexity index is 1280. The lowest BCUT2D eigenvalue weighted by Crippen LogP contribution is -2.12. The number of amides is 1. The van der Waals surface area contributed by atoms with Crippen molar-refractivity contribution >= 4 is 28.7 Å². The van der Waals surface area contributed by atoms with Gasteiger partial charge >= 0.3 is 0 Å². The van der Waals surface area contributed by atoms with Crippen LogP contribution in [-0.4, -0.2) is 37.8 Å². The molecule has 1 aromatic carbocycles. The van der Waals surface area contributed by atoms with Gasteiger partial charge < -0.3 is 10.1 Å². The number of nitrogens with zero attached hydrogens (tertiary/aromatic N) is 4. The topological polar surface area (TPSA) is 97.2 Å². The van der Waals surface area contributed by atoms with Crippen LogP contribution in [0, 0.1) is 5.82 Å². The molecule has 0 spiro atoms. The van der Waals surface area contributed by atoms with E-state index < -0.39 is 11.7 Å². The number of rotatable bonds is 5. The molecule has 8 nitrogen and oxygen atoms in total. The number of anilines is 1. The van der Waals surface area contributed by atoms with Crippen molar-refractivity contribution in [1.29, 1.82) is 0 Å². The quantitative estimate of drug-likeness (QED) is 0.501. The standard InChI is InChI=1S/C20H16ClFN6O2/c1-30-11-4-5-17-13(8-23-28(17)9-11)20(29)24-16-6-12(15(22)7-14(16)21)19-25-18(26-27-19)10-2-3-10/h4-10H,2-3H2,1H3,(H,24,29)(H,25,26,27). The van der Waals surface area contributed by atoms with E-state index in [1.54, 1.807) is 30.0 Å². The van der Waals surface area contributed by atoms with Gasteiger partial charge in [-0.15, -0.1) is 0 Å². The number of aromatic amines is 1. The lowest BCUT2D eigenvalue weighted by atomic mass is 10.1. The first-order valence-electron chi connectivity index (χ1n) is 9.28. The predicted octanol–water partition coefficient (Wildman–Crippen LogP) is 4.05. The number of fused-ring (bicyclic) bond motifs is 1. The smallest absolute Gasteiger partial charge is 0.259 e. The van der Waals surface area contributed by atoms with E-state index in [9.17, 15) is 9.18 Å². The summed E-state index contributed by atoms with van der Waals surface area (Å²) in [6.07, 6.45) is 5.20. The fourth-order valence-corrected chi connectivity index (χ4v) is 3.40. The van der Waals surface area contributed by atoms with Crippen LogP contribution in [0.4, 0.5) is 10.1 Å². The van der Waals surface area contributed by atoms with Crippen LogP contribution < -0.4 is 10.1 Å². The number of hydrogen-bond donors (Lipinski definition) is 2. The molecule has 2 N–H and O–H groups in total. The number of benzene rings is 1. The van der Waals surface area contributed by atoms with Crippen molar-refractivity contribution in [3.05, 3.63) is 58.9 Å². The third kappa shape index (κ3) is 3.26. The Kier molecular flexibility index (Phi) is 4.39. The molecular formula is C20H16ClFN6O2. The van der Waals surface area contributed by atoms with Gasteiger partial charge in [0.2, 0.25) is 0 Å². The van der Waals surface area contributed by atoms with Gasteiger partial charge in [-0.3, -0.25) is 9.89 Å². The largest absolute Gasteiger partial charge is 0.495 e. The second-order valence-corrected chi connectivity index (χ2v) is 7.45. The Morgan fingerprint density at radius 3 is 2.97 bits per heavy atom. The van der Waals surface area contributed by atoms with Crippen molar-refractivity contribution in [3.63, 3.8) is 0 Å². The van der Waals surface area contributed by atoms with Crippen molar-refractivity contribution < 1.29 is 13.9 Å². The summed E-state index contributed by atoms with van der Waals surface area (Å²) in [6.45, 7) is 0. The Labute approximate surface area is 175 Å². The second kappa shape index (κ2) is 7.10. The van der Waals surface area contributed by atoms with Gasteiger partial charge in [-0.05, 0) is 37.1 Å². The molecular weight excluding hydrogens is 411 g/mol. The molecule has 0 radical (unpaired) electrons. The average molecular weight is 427 g/mol. The van der Waals surface area contributed by atoms with E-state index in [0.29, 0.717) is 22.7 Å². The highest BCUT2D eigenvalue weighted by molar-refractivity contribution is 6.34. The van der Waals surface area contributed by atoms with E-state index in [-0.39, 0.29) is 22.1 Å². The van der Waals surface area contributed by atoms with Crippen molar-refractivity contribution in [1.82, 2.24) is 24.8 Å². The first-order valence-corrected chi connectivity index (χ1v) is 9.65. The van der Waals surface area contributed by atoms with E-state index in [1.807, 2.05) is 0 Å². The third-order valence-corrected chi connectivity index (χ3v) is 5.29.